The molecule has 1 aliphatic heterocycles. The van der Waals surface area contributed by atoms with E-state index in [2.05, 4.69) is 60.9 Å². The Kier molecular flexibility index (Phi) is 25.4. The molecule has 2 unspecified atom stereocenters. The molecule has 1 fully saturated rings. The zero-order valence-electron chi connectivity index (χ0n) is 30.4. The highest BCUT2D eigenvalue weighted by molar-refractivity contribution is 5.20. The molecule has 0 N–H and O–H groups in total. The lowest BCUT2D eigenvalue weighted by Gasteiger charge is -2.32. The van der Waals surface area contributed by atoms with Gasteiger partial charge in [0.25, 0.3) is 0 Å². The number of nitrogens with zero attached hydrogens (tertiary/aromatic N) is 2. The number of unbranched alkanes of at least 4 members (excludes halogenated alkanes) is 26. The van der Waals surface area contributed by atoms with E-state index in [9.17, 15) is 0 Å². The molecule has 0 bridgehead atoms. The highest BCUT2D eigenvalue weighted by Crippen LogP contribution is 2.34. The van der Waals surface area contributed by atoms with Crippen LogP contribution in [0.4, 0.5) is 0 Å². The first kappa shape index (κ1) is 39.3. The second-order valence-corrected chi connectivity index (χ2v) is 14.6. The van der Waals surface area contributed by atoms with Crippen LogP contribution in [-0.4, -0.2) is 35.5 Å². The lowest BCUT2D eigenvalue weighted by molar-refractivity contribution is 0.120. The fourth-order valence-corrected chi connectivity index (χ4v) is 7.58. The third-order valence-corrected chi connectivity index (χ3v) is 10.4. The number of benzene rings is 1. The van der Waals surface area contributed by atoms with Crippen LogP contribution in [0.5, 0.6) is 0 Å². The van der Waals surface area contributed by atoms with Gasteiger partial charge < -0.3 is 0 Å². The van der Waals surface area contributed by atoms with Crippen molar-refractivity contribution < 1.29 is 0 Å². The molecule has 2 rings (SSSR count). The largest absolute Gasteiger partial charge is 0.283 e. The van der Waals surface area contributed by atoms with Gasteiger partial charge >= 0.3 is 0 Å². The number of hydrogen-bond donors (Lipinski definition) is 0. The third kappa shape index (κ3) is 19.0. The molecular weight excluding hydrogens is 532 g/mol. The first-order valence-corrected chi connectivity index (χ1v) is 20.3. The molecule has 256 valence electrons. The van der Waals surface area contributed by atoms with Crippen molar-refractivity contribution >= 4 is 0 Å². The van der Waals surface area contributed by atoms with Crippen molar-refractivity contribution in [3.63, 3.8) is 0 Å². The van der Waals surface area contributed by atoms with Crippen molar-refractivity contribution in [3.8, 4) is 0 Å². The fraction of sp³-hybridized carbons (Fsp3) is 0.857. The van der Waals surface area contributed by atoms with Crippen LogP contribution in [0, 0.1) is 0 Å². The predicted octanol–water partition coefficient (Wildman–Crippen LogP) is 13.7. The number of hydrogen-bond acceptors (Lipinski definition) is 2. The molecule has 2 nitrogen and oxygen atoms in total. The van der Waals surface area contributed by atoms with Crippen molar-refractivity contribution in [2.45, 2.75) is 213 Å². The SMILES string of the molecule is CCCCCCCCCCCCCCCCN1CC(C)N(CCCCCCCCCCCCCCCC)C1c1ccccc1. The van der Waals surface area contributed by atoms with Crippen molar-refractivity contribution in [3.05, 3.63) is 35.9 Å². The summed E-state index contributed by atoms with van der Waals surface area (Å²) in [4.78, 5) is 5.64. The summed E-state index contributed by atoms with van der Waals surface area (Å²) in [5.41, 5.74) is 1.51. The molecule has 2 heteroatoms. The lowest BCUT2D eigenvalue weighted by atomic mass is 10.0. The smallest absolute Gasteiger partial charge is 0.0889 e. The van der Waals surface area contributed by atoms with Crippen LogP contribution < -0.4 is 0 Å². The van der Waals surface area contributed by atoms with Gasteiger partial charge in [0.2, 0.25) is 0 Å². The molecular formula is C42H78N2. The Labute approximate surface area is 277 Å². The van der Waals surface area contributed by atoms with E-state index in [1.807, 2.05) is 0 Å². The molecule has 0 amide bonds. The molecule has 0 radical (unpaired) electrons. The Hall–Kier alpha value is -0.860. The minimum atomic E-state index is 0.482. The first-order chi connectivity index (χ1) is 21.8. The van der Waals surface area contributed by atoms with Crippen molar-refractivity contribution in [2.75, 3.05) is 19.6 Å². The van der Waals surface area contributed by atoms with Gasteiger partial charge in [-0.2, -0.15) is 0 Å². The molecule has 1 aliphatic rings. The van der Waals surface area contributed by atoms with Gasteiger partial charge in [-0.05, 0) is 25.3 Å². The standard InChI is InChI=1S/C42H78N2/c1-4-6-8-10-12-14-16-18-20-22-24-26-28-33-37-43-39-40(3)44(42(43)41-35-31-30-32-36-41)38-34-29-27-25-23-21-19-17-15-13-11-9-7-5-2/h30-32,35-36,40,42H,4-29,33-34,37-39H2,1-3H3. The van der Waals surface area contributed by atoms with E-state index in [1.54, 1.807) is 0 Å². The van der Waals surface area contributed by atoms with Crippen LogP contribution in [0.1, 0.15) is 212 Å². The third-order valence-electron chi connectivity index (χ3n) is 10.4. The Balaban J connectivity index is 1.55. The Morgan fingerprint density at radius 2 is 0.795 bits per heavy atom. The molecule has 1 aromatic rings. The van der Waals surface area contributed by atoms with E-state index < -0.39 is 0 Å². The van der Waals surface area contributed by atoms with Crippen LogP contribution in [0.25, 0.3) is 0 Å². The maximum atomic E-state index is 2.83. The van der Waals surface area contributed by atoms with Crippen LogP contribution in [0.3, 0.4) is 0 Å². The summed E-state index contributed by atoms with van der Waals surface area (Å²) >= 11 is 0. The lowest BCUT2D eigenvalue weighted by Crippen LogP contribution is -2.34. The summed E-state index contributed by atoms with van der Waals surface area (Å²) in [6, 6.07) is 12.1. The molecule has 0 aromatic heterocycles. The minimum absolute atomic E-state index is 0.482. The first-order valence-electron chi connectivity index (χ1n) is 20.3. The zero-order valence-corrected chi connectivity index (χ0v) is 30.4. The summed E-state index contributed by atoms with van der Waals surface area (Å²) in [6.07, 6.45) is 40.8. The van der Waals surface area contributed by atoms with E-state index in [-0.39, 0.29) is 0 Å². The molecule has 1 aromatic carbocycles. The Morgan fingerprint density at radius 3 is 1.18 bits per heavy atom. The van der Waals surface area contributed by atoms with E-state index in [1.165, 1.54) is 205 Å². The molecule has 2 atom stereocenters. The van der Waals surface area contributed by atoms with Crippen LogP contribution >= 0.6 is 0 Å². The minimum Gasteiger partial charge on any atom is -0.283 e. The van der Waals surface area contributed by atoms with Crippen LogP contribution in [0.2, 0.25) is 0 Å². The molecule has 0 aliphatic carbocycles. The monoisotopic (exact) mass is 611 g/mol. The molecule has 1 heterocycles. The van der Waals surface area contributed by atoms with Gasteiger partial charge in [-0.15, -0.1) is 0 Å². The highest BCUT2D eigenvalue weighted by atomic mass is 15.4. The summed E-state index contributed by atoms with van der Waals surface area (Å²) < 4.78 is 0. The molecule has 44 heavy (non-hydrogen) atoms. The average Bonchev–Trinajstić information content (AvgIpc) is 3.36. The van der Waals surface area contributed by atoms with Gasteiger partial charge in [-0.1, -0.05) is 211 Å². The van der Waals surface area contributed by atoms with Gasteiger partial charge in [-0.3, -0.25) is 9.80 Å². The van der Waals surface area contributed by atoms with Crippen LogP contribution in [0.15, 0.2) is 30.3 Å². The average molecular weight is 611 g/mol. The van der Waals surface area contributed by atoms with Crippen molar-refractivity contribution in [2.24, 2.45) is 0 Å². The Bertz CT molecular complexity index is 718. The molecule has 1 saturated heterocycles. The second kappa shape index (κ2) is 28.4. The van der Waals surface area contributed by atoms with E-state index >= 15 is 0 Å². The van der Waals surface area contributed by atoms with E-state index in [4.69, 9.17) is 0 Å². The van der Waals surface area contributed by atoms with Gasteiger partial charge in [-0.25, -0.2) is 0 Å². The quantitative estimate of drug-likeness (QED) is 0.0772. The van der Waals surface area contributed by atoms with Crippen LogP contribution in [-0.2, 0) is 0 Å². The topological polar surface area (TPSA) is 6.48 Å². The van der Waals surface area contributed by atoms with Gasteiger partial charge in [0.05, 0.1) is 6.17 Å². The molecule has 0 spiro atoms. The summed E-state index contributed by atoms with van der Waals surface area (Å²) in [5.74, 6) is 0. The van der Waals surface area contributed by atoms with E-state index in [0.29, 0.717) is 12.2 Å². The summed E-state index contributed by atoms with van der Waals surface area (Å²) in [7, 11) is 0. The maximum Gasteiger partial charge on any atom is 0.0889 e. The predicted molar refractivity (Wildman–Crippen MR) is 198 cm³/mol. The highest BCUT2D eigenvalue weighted by Gasteiger charge is 2.37. The number of rotatable bonds is 31. The van der Waals surface area contributed by atoms with Gasteiger partial charge in [0, 0.05) is 25.7 Å². The Morgan fingerprint density at radius 1 is 0.455 bits per heavy atom. The summed E-state index contributed by atoms with van der Waals surface area (Å²) in [5, 5.41) is 0. The second-order valence-electron chi connectivity index (χ2n) is 14.6. The normalized spacial score (nSPS) is 17.6. The molecule has 0 saturated carbocycles. The maximum absolute atomic E-state index is 2.83. The zero-order chi connectivity index (χ0) is 31.3. The van der Waals surface area contributed by atoms with Crippen molar-refractivity contribution in [1.82, 2.24) is 9.80 Å². The summed E-state index contributed by atoms with van der Waals surface area (Å²) in [6.45, 7) is 10.8. The van der Waals surface area contributed by atoms with Gasteiger partial charge in [0.15, 0.2) is 0 Å². The fourth-order valence-electron chi connectivity index (χ4n) is 7.58. The van der Waals surface area contributed by atoms with Gasteiger partial charge in [0.1, 0.15) is 0 Å². The van der Waals surface area contributed by atoms with E-state index in [0.717, 1.165) is 0 Å². The van der Waals surface area contributed by atoms with Crippen molar-refractivity contribution in [1.29, 1.82) is 0 Å².